The maximum atomic E-state index is 12.9. The van der Waals surface area contributed by atoms with E-state index < -0.39 is 4.92 Å². The molecule has 3 rings (SSSR count). The Balaban J connectivity index is 2.34. The number of nitro groups is 1. The summed E-state index contributed by atoms with van der Waals surface area (Å²) in [7, 11) is 0. The van der Waals surface area contributed by atoms with Crippen molar-refractivity contribution >= 4 is 16.9 Å². The number of furan rings is 1. The lowest BCUT2D eigenvalue weighted by molar-refractivity contribution is -0.400. The molecule has 19 heavy (non-hydrogen) atoms. The van der Waals surface area contributed by atoms with Gasteiger partial charge in [0.25, 0.3) is 0 Å². The van der Waals surface area contributed by atoms with Crippen molar-refractivity contribution in [1.29, 1.82) is 0 Å². The summed E-state index contributed by atoms with van der Waals surface area (Å²) in [5.74, 6) is -0.716. The fourth-order valence-electron chi connectivity index (χ4n) is 2.06. The lowest BCUT2D eigenvalue weighted by Crippen LogP contribution is -1.88. The molecule has 0 saturated carbocycles. The van der Waals surface area contributed by atoms with E-state index in [0.29, 0.717) is 22.1 Å². The molecule has 0 aliphatic heterocycles. The Bertz CT molecular complexity index is 762. The highest BCUT2D eigenvalue weighted by molar-refractivity contribution is 5.98. The number of halogens is 1. The minimum absolute atomic E-state index is 0.326. The van der Waals surface area contributed by atoms with Crippen molar-refractivity contribution < 1.29 is 13.7 Å². The molecule has 0 radical (unpaired) electrons. The van der Waals surface area contributed by atoms with Crippen LogP contribution in [0.2, 0.25) is 0 Å². The predicted octanol–water partition coefficient (Wildman–Crippen LogP) is 4.15. The Hall–Kier alpha value is -2.69. The van der Waals surface area contributed by atoms with E-state index in [0.717, 1.165) is 0 Å². The van der Waals surface area contributed by atoms with Crippen LogP contribution in [0.15, 0.2) is 52.9 Å². The van der Waals surface area contributed by atoms with Crippen molar-refractivity contribution in [2.75, 3.05) is 0 Å². The number of nitrogens with zero attached hydrogens (tertiary/aromatic N) is 1. The topological polar surface area (TPSA) is 56.3 Å². The summed E-state index contributed by atoms with van der Waals surface area (Å²) in [5.41, 5.74) is 1.37. The number of para-hydroxylation sites is 1. The summed E-state index contributed by atoms with van der Waals surface area (Å²) in [6.07, 6.45) is 0. The van der Waals surface area contributed by atoms with Crippen LogP contribution in [-0.4, -0.2) is 4.92 Å². The van der Waals surface area contributed by atoms with Gasteiger partial charge in [0, 0.05) is 5.39 Å². The Labute approximate surface area is 107 Å². The molecule has 0 aliphatic rings. The maximum Gasteiger partial charge on any atom is 0.442 e. The molecule has 0 unspecified atom stereocenters. The Kier molecular flexibility index (Phi) is 2.52. The number of fused-ring (bicyclic) bond motifs is 1. The Morgan fingerprint density at radius 3 is 2.42 bits per heavy atom. The molecule has 0 fully saturated rings. The summed E-state index contributed by atoms with van der Waals surface area (Å²) in [6.45, 7) is 0. The number of hydrogen-bond acceptors (Lipinski definition) is 3. The summed E-state index contributed by atoms with van der Waals surface area (Å²) >= 11 is 0. The molecular formula is C14H8FNO3. The van der Waals surface area contributed by atoms with E-state index >= 15 is 0 Å². The molecule has 0 aliphatic carbocycles. The third-order valence-corrected chi connectivity index (χ3v) is 2.88. The second-order valence-corrected chi connectivity index (χ2v) is 4.04. The molecule has 0 saturated heterocycles. The van der Waals surface area contributed by atoms with Gasteiger partial charge in [0.15, 0.2) is 0 Å². The minimum Gasteiger partial charge on any atom is -0.400 e. The number of rotatable bonds is 2. The van der Waals surface area contributed by atoms with Crippen molar-refractivity contribution in [1.82, 2.24) is 0 Å². The van der Waals surface area contributed by atoms with Crippen LogP contribution in [0, 0.1) is 15.9 Å². The standard InChI is InChI=1S/C14H8FNO3/c15-10-7-5-9(6-8-10)13-11-3-1-2-4-12(11)19-14(13)16(17)18/h1-8H. The fraction of sp³-hybridized carbons (Fsp3) is 0. The molecule has 0 amide bonds. The lowest BCUT2D eigenvalue weighted by atomic mass is 10.0. The molecule has 0 spiro atoms. The molecule has 1 aromatic heterocycles. The van der Waals surface area contributed by atoms with Gasteiger partial charge >= 0.3 is 5.88 Å². The highest BCUT2D eigenvalue weighted by Gasteiger charge is 2.24. The van der Waals surface area contributed by atoms with E-state index in [2.05, 4.69) is 0 Å². The Morgan fingerprint density at radius 2 is 1.74 bits per heavy atom. The van der Waals surface area contributed by atoms with Crippen molar-refractivity contribution in [3.05, 3.63) is 64.5 Å². The molecule has 1 heterocycles. The number of benzene rings is 2. The summed E-state index contributed by atoms with van der Waals surface area (Å²) in [4.78, 5) is 10.5. The van der Waals surface area contributed by atoms with Gasteiger partial charge in [0.05, 0.1) is 0 Å². The van der Waals surface area contributed by atoms with E-state index in [-0.39, 0.29) is 11.7 Å². The van der Waals surface area contributed by atoms with Gasteiger partial charge in [-0.25, -0.2) is 4.39 Å². The van der Waals surface area contributed by atoms with Crippen molar-refractivity contribution in [3.8, 4) is 11.1 Å². The first-order valence-corrected chi connectivity index (χ1v) is 5.58. The molecule has 4 nitrogen and oxygen atoms in total. The van der Waals surface area contributed by atoms with Gasteiger partial charge in [-0.3, -0.25) is 10.1 Å². The maximum absolute atomic E-state index is 12.9. The zero-order valence-corrected chi connectivity index (χ0v) is 9.67. The van der Waals surface area contributed by atoms with Crippen molar-refractivity contribution in [2.45, 2.75) is 0 Å². The van der Waals surface area contributed by atoms with Crippen LogP contribution in [0.25, 0.3) is 22.1 Å². The summed E-state index contributed by atoms with van der Waals surface area (Å²) in [6, 6.07) is 12.4. The minimum atomic E-state index is -0.571. The first-order valence-electron chi connectivity index (χ1n) is 5.58. The van der Waals surface area contributed by atoms with Gasteiger partial charge < -0.3 is 4.42 Å². The average molecular weight is 257 g/mol. The second kappa shape index (κ2) is 4.20. The van der Waals surface area contributed by atoms with Gasteiger partial charge in [0.2, 0.25) is 0 Å². The highest BCUT2D eigenvalue weighted by atomic mass is 19.1. The second-order valence-electron chi connectivity index (χ2n) is 4.04. The van der Waals surface area contributed by atoms with E-state index in [1.165, 1.54) is 24.3 Å². The van der Waals surface area contributed by atoms with Crippen LogP contribution in [0.4, 0.5) is 10.3 Å². The smallest absolute Gasteiger partial charge is 0.400 e. The first-order chi connectivity index (χ1) is 9.16. The van der Waals surface area contributed by atoms with Crippen molar-refractivity contribution in [2.24, 2.45) is 0 Å². The highest BCUT2D eigenvalue weighted by Crippen LogP contribution is 2.39. The van der Waals surface area contributed by atoms with Crippen LogP contribution >= 0.6 is 0 Å². The van der Waals surface area contributed by atoms with E-state index in [1.54, 1.807) is 24.3 Å². The van der Waals surface area contributed by atoms with Gasteiger partial charge in [-0.15, -0.1) is 0 Å². The van der Waals surface area contributed by atoms with E-state index in [1.807, 2.05) is 0 Å². The average Bonchev–Trinajstić information content (AvgIpc) is 2.79. The first kappa shape index (κ1) is 11.4. The molecule has 3 aromatic rings. The molecule has 2 aromatic carbocycles. The summed E-state index contributed by atoms with van der Waals surface area (Å²) in [5, 5.41) is 11.7. The summed E-state index contributed by atoms with van der Waals surface area (Å²) < 4.78 is 18.2. The largest absolute Gasteiger partial charge is 0.442 e. The van der Waals surface area contributed by atoms with E-state index in [9.17, 15) is 14.5 Å². The lowest BCUT2D eigenvalue weighted by Gasteiger charge is -1.98. The molecular weight excluding hydrogens is 249 g/mol. The third-order valence-electron chi connectivity index (χ3n) is 2.88. The third kappa shape index (κ3) is 1.85. The molecule has 94 valence electrons. The number of hydrogen-bond donors (Lipinski definition) is 0. The van der Waals surface area contributed by atoms with Crippen LogP contribution < -0.4 is 0 Å². The van der Waals surface area contributed by atoms with E-state index in [4.69, 9.17) is 4.42 Å². The molecule has 0 bridgehead atoms. The van der Waals surface area contributed by atoms with Crippen molar-refractivity contribution in [3.63, 3.8) is 0 Å². The SMILES string of the molecule is O=[N+]([O-])c1oc2ccccc2c1-c1ccc(F)cc1. The quantitative estimate of drug-likeness (QED) is 0.512. The molecule has 0 atom stereocenters. The zero-order chi connectivity index (χ0) is 13.4. The molecule has 5 heteroatoms. The van der Waals surface area contributed by atoms with Gasteiger partial charge in [-0.05, 0) is 23.8 Å². The van der Waals surface area contributed by atoms with Crippen LogP contribution in [0.1, 0.15) is 0 Å². The normalized spacial score (nSPS) is 10.8. The van der Waals surface area contributed by atoms with Crippen LogP contribution in [0.3, 0.4) is 0 Å². The monoisotopic (exact) mass is 257 g/mol. The van der Waals surface area contributed by atoms with Gasteiger partial charge in [-0.2, -0.15) is 0 Å². The Morgan fingerprint density at radius 1 is 1.05 bits per heavy atom. The predicted molar refractivity (Wildman–Crippen MR) is 68.3 cm³/mol. The van der Waals surface area contributed by atoms with Crippen LogP contribution in [0.5, 0.6) is 0 Å². The van der Waals surface area contributed by atoms with Gasteiger partial charge in [0.1, 0.15) is 21.9 Å². The zero-order valence-electron chi connectivity index (χ0n) is 9.67. The fourth-order valence-corrected chi connectivity index (χ4v) is 2.06. The molecule has 0 N–H and O–H groups in total. The van der Waals surface area contributed by atoms with Gasteiger partial charge in [-0.1, -0.05) is 30.3 Å². The van der Waals surface area contributed by atoms with Crippen LogP contribution in [-0.2, 0) is 0 Å².